The lowest BCUT2D eigenvalue weighted by molar-refractivity contribution is 0.669. The largest absolute Gasteiger partial charge is 0.313 e. The highest BCUT2D eigenvalue weighted by Crippen LogP contribution is 2.32. The van der Waals surface area contributed by atoms with E-state index in [0.29, 0.717) is 0 Å². The van der Waals surface area contributed by atoms with Crippen LogP contribution in [0.15, 0.2) is 52.3 Å². The van der Waals surface area contributed by atoms with E-state index < -0.39 is 0 Å². The lowest BCUT2D eigenvalue weighted by Gasteiger charge is -2.11. The van der Waals surface area contributed by atoms with Gasteiger partial charge >= 0.3 is 0 Å². The molecule has 0 heterocycles. The summed E-state index contributed by atoms with van der Waals surface area (Å²) in [5, 5.41) is 4.24. The predicted octanol–water partition coefficient (Wildman–Crippen LogP) is 5.30. The minimum absolute atomic E-state index is 0.791. The summed E-state index contributed by atoms with van der Waals surface area (Å²) >= 11 is 7.91. The molecule has 0 aliphatic carbocycles. The molecular weight excluding hydrogens is 286 g/mol. The Morgan fingerprint density at radius 2 is 1.85 bits per heavy atom. The molecular formula is C17H20ClNS. The molecule has 2 aromatic rings. The molecule has 0 saturated heterocycles. The van der Waals surface area contributed by atoms with Gasteiger partial charge in [0.2, 0.25) is 0 Å². The van der Waals surface area contributed by atoms with E-state index in [2.05, 4.69) is 55.6 Å². The molecule has 1 nitrogen and oxygen atoms in total. The number of benzene rings is 2. The third kappa shape index (κ3) is 4.55. The van der Waals surface area contributed by atoms with E-state index in [9.17, 15) is 0 Å². The molecule has 2 rings (SSSR count). The molecule has 0 spiro atoms. The Hall–Kier alpha value is -0.960. The maximum atomic E-state index is 6.14. The van der Waals surface area contributed by atoms with Crippen molar-refractivity contribution in [3.05, 3.63) is 58.6 Å². The van der Waals surface area contributed by atoms with Gasteiger partial charge < -0.3 is 5.32 Å². The number of hydrogen-bond donors (Lipinski definition) is 1. The summed E-state index contributed by atoms with van der Waals surface area (Å²) in [6.45, 7) is 6.21. The highest BCUT2D eigenvalue weighted by Gasteiger charge is 2.05. The summed E-state index contributed by atoms with van der Waals surface area (Å²) in [6, 6.07) is 14.7. The van der Waals surface area contributed by atoms with Gasteiger partial charge in [0.15, 0.2) is 0 Å². The summed E-state index contributed by atoms with van der Waals surface area (Å²) in [7, 11) is 0. The van der Waals surface area contributed by atoms with Crippen LogP contribution in [0.2, 0.25) is 5.02 Å². The van der Waals surface area contributed by atoms with Gasteiger partial charge in [0.1, 0.15) is 0 Å². The monoisotopic (exact) mass is 305 g/mol. The Morgan fingerprint density at radius 3 is 2.55 bits per heavy atom. The molecule has 0 radical (unpaired) electrons. The van der Waals surface area contributed by atoms with Crippen molar-refractivity contribution in [1.29, 1.82) is 0 Å². The molecule has 0 amide bonds. The summed E-state index contributed by atoms with van der Waals surface area (Å²) < 4.78 is 0. The van der Waals surface area contributed by atoms with Gasteiger partial charge in [-0.25, -0.2) is 0 Å². The first kappa shape index (κ1) is 15.4. The number of hydrogen-bond acceptors (Lipinski definition) is 2. The topological polar surface area (TPSA) is 12.0 Å². The van der Waals surface area contributed by atoms with Crippen molar-refractivity contribution in [3.8, 4) is 0 Å². The average molecular weight is 306 g/mol. The van der Waals surface area contributed by atoms with E-state index >= 15 is 0 Å². The Morgan fingerprint density at radius 1 is 1.10 bits per heavy atom. The Balaban J connectivity index is 2.15. The van der Waals surface area contributed by atoms with Crippen molar-refractivity contribution >= 4 is 23.4 Å². The molecule has 3 heteroatoms. The van der Waals surface area contributed by atoms with Crippen molar-refractivity contribution in [2.75, 3.05) is 6.54 Å². The molecule has 0 atom stereocenters. The predicted molar refractivity (Wildman–Crippen MR) is 88.8 cm³/mol. The zero-order chi connectivity index (χ0) is 14.4. The first-order valence-corrected chi connectivity index (χ1v) is 8.12. The van der Waals surface area contributed by atoms with Gasteiger partial charge in [0, 0.05) is 21.4 Å². The summed E-state index contributed by atoms with van der Waals surface area (Å²) in [6.07, 6.45) is 1.15. The van der Waals surface area contributed by atoms with Gasteiger partial charge in [-0.05, 0) is 49.7 Å². The van der Waals surface area contributed by atoms with Gasteiger partial charge in [-0.15, -0.1) is 0 Å². The van der Waals surface area contributed by atoms with Crippen LogP contribution >= 0.6 is 23.4 Å². The Kier molecular flexibility index (Phi) is 5.96. The van der Waals surface area contributed by atoms with Gasteiger partial charge in [0.25, 0.3) is 0 Å². The first-order valence-electron chi connectivity index (χ1n) is 6.92. The second kappa shape index (κ2) is 7.72. The first-order chi connectivity index (χ1) is 9.69. The van der Waals surface area contributed by atoms with Crippen LogP contribution < -0.4 is 5.32 Å². The third-order valence-corrected chi connectivity index (χ3v) is 4.36. The van der Waals surface area contributed by atoms with Gasteiger partial charge in [-0.3, -0.25) is 0 Å². The minimum Gasteiger partial charge on any atom is -0.313 e. The van der Waals surface area contributed by atoms with Crippen LogP contribution in [-0.2, 0) is 6.54 Å². The normalized spacial score (nSPS) is 10.8. The van der Waals surface area contributed by atoms with Crippen molar-refractivity contribution in [2.45, 2.75) is 36.6 Å². The van der Waals surface area contributed by atoms with Crippen LogP contribution in [0.25, 0.3) is 0 Å². The van der Waals surface area contributed by atoms with E-state index in [1.807, 2.05) is 6.07 Å². The standard InChI is InChI=1S/C17H20ClNS/c1-3-10-19-12-14-6-7-15(18)11-17(14)20-16-8-4-13(2)5-9-16/h4-9,11,19H,3,10,12H2,1-2H3. The van der Waals surface area contributed by atoms with Crippen molar-refractivity contribution in [1.82, 2.24) is 5.32 Å². The van der Waals surface area contributed by atoms with Crippen LogP contribution in [0, 0.1) is 6.92 Å². The van der Waals surface area contributed by atoms with Crippen molar-refractivity contribution < 1.29 is 0 Å². The molecule has 0 aliphatic rings. The second-order valence-corrected chi connectivity index (χ2v) is 6.40. The molecule has 0 aromatic heterocycles. The zero-order valence-electron chi connectivity index (χ0n) is 11.9. The molecule has 0 aliphatic heterocycles. The molecule has 0 saturated carbocycles. The van der Waals surface area contributed by atoms with Crippen LogP contribution in [-0.4, -0.2) is 6.54 Å². The number of nitrogens with one attached hydrogen (secondary N) is 1. The van der Waals surface area contributed by atoms with Crippen LogP contribution in [0.1, 0.15) is 24.5 Å². The SMILES string of the molecule is CCCNCc1ccc(Cl)cc1Sc1ccc(C)cc1. The van der Waals surface area contributed by atoms with E-state index in [1.165, 1.54) is 20.9 Å². The quantitative estimate of drug-likeness (QED) is 0.727. The maximum Gasteiger partial charge on any atom is 0.0417 e. The van der Waals surface area contributed by atoms with Gasteiger partial charge in [-0.1, -0.05) is 54.0 Å². The minimum atomic E-state index is 0.791. The lowest BCUT2D eigenvalue weighted by atomic mass is 10.2. The summed E-state index contributed by atoms with van der Waals surface area (Å²) in [5.41, 5.74) is 2.58. The van der Waals surface area contributed by atoms with Gasteiger partial charge in [0.05, 0.1) is 0 Å². The fourth-order valence-electron chi connectivity index (χ4n) is 1.90. The number of aryl methyl sites for hydroxylation is 1. The van der Waals surface area contributed by atoms with E-state index in [-0.39, 0.29) is 0 Å². The van der Waals surface area contributed by atoms with Crippen LogP contribution in [0.3, 0.4) is 0 Å². The number of halogens is 1. The summed E-state index contributed by atoms with van der Waals surface area (Å²) in [4.78, 5) is 2.47. The lowest BCUT2D eigenvalue weighted by Crippen LogP contribution is -2.14. The summed E-state index contributed by atoms with van der Waals surface area (Å²) in [5.74, 6) is 0. The van der Waals surface area contributed by atoms with Crippen LogP contribution in [0.4, 0.5) is 0 Å². The fourth-order valence-corrected chi connectivity index (χ4v) is 3.12. The fraction of sp³-hybridized carbons (Fsp3) is 0.294. The Bertz CT molecular complexity index is 551. The smallest absolute Gasteiger partial charge is 0.0417 e. The molecule has 20 heavy (non-hydrogen) atoms. The molecule has 0 unspecified atom stereocenters. The second-order valence-electron chi connectivity index (χ2n) is 4.84. The molecule has 0 bridgehead atoms. The molecule has 106 valence electrons. The van der Waals surface area contributed by atoms with E-state index in [1.54, 1.807) is 11.8 Å². The number of rotatable bonds is 6. The zero-order valence-corrected chi connectivity index (χ0v) is 13.5. The van der Waals surface area contributed by atoms with E-state index in [0.717, 1.165) is 24.5 Å². The Labute approximate surface area is 130 Å². The highest BCUT2D eigenvalue weighted by atomic mass is 35.5. The molecule has 1 N–H and O–H groups in total. The van der Waals surface area contributed by atoms with Gasteiger partial charge in [-0.2, -0.15) is 0 Å². The highest BCUT2D eigenvalue weighted by molar-refractivity contribution is 7.99. The van der Waals surface area contributed by atoms with E-state index in [4.69, 9.17) is 11.6 Å². The van der Waals surface area contributed by atoms with Crippen LogP contribution in [0.5, 0.6) is 0 Å². The maximum absolute atomic E-state index is 6.14. The molecule has 2 aromatic carbocycles. The van der Waals surface area contributed by atoms with Crippen molar-refractivity contribution in [2.24, 2.45) is 0 Å². The third-order valence-electron chi connectivity index (χ3n) is 3.02. The van der Waals surface area contributed by atoms with Crippen molar-refractivity contribution in [3.63, 3.8) is 0 Å². The molecule has 0 fully saturated rings. The average Bonchev–Trinajstić information content (AvgIpc) is 2.44.